The molecular weight excluding hydrogens is 457 g/mol. The summed E-state index contributed by atoms with van der Waals surface area (Å²) < 4.78 is 13.3. The number of nitrogens with zero attached hydrogens (tertiary/aromatic N) is 3. The van der Waals surface area contributed by atoms with E-state index < -0.39 is 0 Å². The van der Waals surface area contributed by atoms with Gasteiger partial charge in [0.2, 0.25) is 5.91 Å². The van der Waals surface area contributed by atoms with E-state index in [0.29, 0.717) is 37.4 Å². The minimum Gasteiger partial charge on any atom is -0.347 e. The second kappa shape index (κ2) is 13.4. The van der Waals surface area contributed by atoms with E-state index in [1.165, 1.54) is 23.5 Å². The lowest BCUT2D eigenvalue weighted by atomic mass is 10.1. The highest BCUT2D eigenvalue weighted by Crippen LogP contribution is 2.25. The Kier molecular flexibility index (Phi) is 9.93. The van der Waals surface area contributed by atoms with E-state index >= 15 is 0 Å². The fraction of sp³-hybridized carbons (Fsp3) is 0.333. The van der Waals surface area contributed by atoms with Crippen LogP contribution in [0.25, 0.3) is 0 Å². The zero-order valence-electron chi connectivity index (χ0n) is 18.7. The lowest BCUT2D eigenvalue weighted by Gasteiger charge is -2.22. The number of nitrogens with one attached hydrogen (secondary N) is 2. The van der Waals surface area contributed by atoms with Crippen molar-refractivity contribution in [2.24, 2.45) is 0 Å². The van der Waals surface area contributed by atoms with Gasteiger partial charge >= 0.3 is 0 Å². The number of anilines is 1. The Morgan fingerprint density at radius 2 is 1.82 bits per heavy atom. The second-order valence-corrected chi connectivity index (χ2v) is 8.81. The van der Waals surface area contributed by atoms with Gasteiger partial charge in [-0.1, -0.05) is 42.4 Å². The maximum Gasteiger partial charge on any atom is 0.263 e. The van der Waals surface area contributed by atoms with E-state index in [-0.39, 0.29) is 17.6 Å². The quantitative estimate of drug-likeness (QED) is 0.191. The molecule has 180 valence electrons. The molecule has 8 nitrogen and oxygen atoms in total. The molecule has 0 saturated heterocycles. The molecule has 3 aromatic rings. The van der Waals surface area contributed by atoms with Crippen molar-refractivity contribution < 1.29 is 19.2 Å². The van der Waals surface area contributed by atoms with Gasteiger partial charge in [0.15, 0.2) is 5.13 Å². The van der Waals surface area contributed by atoms with Crippen molar-refractivity contribution in [3.63, 3.8) is 0 Å². The van der Waals surface area contributed by atoms with Crippen LogP contribution < -0.4 is 15.7 Å². The van der Waals surface area contributed by atoms with Crippen molar-refractivity contribution in [3.8, 4) is 0 Å². The van der Waals surface area contributed by atoms with Gasteiger partial charge in [-0.3, -0.25) is 19.8 Å². The van der Waals surface area contributed by atoms with Crippen molar-refractivity contribution in [1.29, 1.82) is 0 Å². The molecule has 3 rings (SSSR count). The third-order valence-electron chi connectivity index (χ3n) is 5.16. The Morgan fingerprint density at radius 1 is 1.03 bits per heavy atom. The monoisotopic (exact) mass is 485 g/mol. The molecule has 0 fully saturated rings. The fourth-order valence-electron chi connectivity index (χ4n) is 3.34. The molecule has 0 atom stereocenters. The van der Waals surface area contributed by atoms with Gasteiger partial charge in [0.05, 0.1) is 6.20 Å². The molecule has 2 aromatic heterocycles. The van der Waals surface area contributed by atoms with Crippen LogP contribution in [0.15, 0.2) is 55.0 Å². The average molecular weight is 486 g/mol. The smallest absolute Gasteiger partial charge is 0.263 e. The first kappa shape index (κ1) is 25.3. The zero-order chi connectivity index (χ0) is 24.2. The molecule has 34 heavy (non-hydrogen) atoms. The van der Waals surface area contributed by atoms with Gasteiger partial charge in [0, 0.05) is 38.4 Å². The molecule has 10 heteroatoms. The van der Waals surface area contributed by atoms with Gasteiger partial charge in [0.1, 0.15) is 10.7 Å². The molecule has 0 aliphatic rings. The normalized spacial score (nSPS) is 10.6. The summed E-state index contributed by atoms with van der Waals surface area (Å²) in [5.41, 5.74) is 3.50. The van der Waals surface area contributed by atoms with Crippen molar-refractivity contribution in [1.82, 2.24) is 20.8 Å². The first-order chi connectivity index (χ1) is 16.5. The lowest BCUT2D eigenvalue weighted by Crippen LogP contribution is -2.24. The largest absolute Gasteiger partial charge is 0.347 e. The van der Waals surface area contributed by atoms with Gasteiger partial charge in [-0.15, -0.1) is 0 Å². The summed E-state index contributed by atoms with van der Waals surface area (Å²) in [6.07, 6.45) is 8.58. The van der Waals surface area contributed by atoms with Crippen LogP contribution in [0.3, 0.4) is 0 Å². The van der Waals surface area contributed by atoms with Gasteiger partial charge in [0.25, 0.3) is 5.91 Å². The summed E-state index contributed by atoms with van der Waals surface area (Å²) in [5.74, 6) is -0.865. The van der Waals surface area contributed by atoms with Crippen LogP contribution in [-0.4, -0.2) is 33.5 Å². The van der Waals surface area contributed by atoms with Crippen LogP contribution in [0.2, 0.25) is 0 Å². The van der Waals surface area contributed by atoms with Crippen LogP contribution in [-0.2, 0) is 17.9 Å². The van der Waals surface area contributed by atoms with E-state index in [1.807, 2.05) is 12.1 Å². The second-order valence-electron chi connectivity index (χ2n) is 7.80. The lowest BCUT2D eigenvalue weighted by molar-refractivity contribution is -0.129. The standard InChI is InChI=1S/C24H28FN5O3S/c25-20-10-8-18(9-11-20)17-30(13-4-2-1-3-7-22(31)29-33)24-28-16-21(34-24)23(32)27-15-19-6-5-12-26-14-19/h5-6,8-12,14,16,33H,1-4,7,13,15,17H2,(H,27,32)(H,29,31). The Balaban J connectivity index is 1.59. The summed E-state index contributed by atoms with van der Waals surface area (Å²) in [7, 11) is 0. The van der Waals surface area contributed by atoms with Crippen LogP contribution in [0.4, 0.5) is 9.52 Å². The number of benzene rings is 1. The highest BCUT2D eigenvalue weighted by Gasteiger charge is 2.16. The number of carbonyl (C=O) groups excluding carboxylic acids is 2. The number of pyridine rings is 1. The summed E-state index contributed by atoms with van der Waals surface area (Å²) in [6, 6.07) is 10.1. The maximum atomic E-state index is 13.3. The van der Waals surface area contributed by atoms with Crippen molar-refractivity contribution in [3.05, 3.63) is 76.8 Å². The van der Waals surface area contributed by atoms with Crippen LogP contribution >= 0.6 is 11.3 Å². The minimum atomic E-state index is -0.380. The molecule has 0 aliphatic carbocycles. The number of hydrogen-bond donors (Lipinski definition) is 3. The first-order valence-electron chi connectivity index (χ1n) is 11.1. The molecule has 0 spiro atoms. The highest BCUT2D eigenvalue weighted by molar-refractivity contribution is 7.17. The molecule has 0 unspecified atom stereocenters. The number of hydrogen-bond acceptors (Lipinski definition) is 7. The van der Waals surface area contributed by atoms with E-state index in [0.717, 1.165) is 35.5 Å². The molecule has 0 aliphatic heterocycles. The topological polar surface area (TPSA) is 107 Å². The number of aromatic nitrogens is 2. The van der Waals surface area contributed by atoms with E-state index in [2.05, 4.69) is 20.2 Å². The van der Waals surface area contributed by atoms with Gasteiger partial charge in [-0.25, -0.2) is 14.9 Å². The number of unbranched alkanes of at least 4 members (excludes halogenated alkanes) is 3. The van der Waals surface area contributed by atoms with Gasteiger partial charge < -0.3 is 10.2 Å². The van der Waals surface area contributed by atoms with Crippen molar-refractivity contribution >= 4 is 28.3 Å². The molecular formula is C24H28FN5O3S. The summed E-state index contributed by atoms with van der Waals surface area (Å²) in [4.78, 5) is 34.8. The molecule has 0 radical (unpaired) electrons. The predicted molar refractivity (Wildman–Crippen MR) is 128 cm³/mol. The summed E-state index contributed by atoms with van der Waals surface area (Å²) in [5, 5.41) is 12.2. The summed E-state index contributed by atoms with van der Waals surface area (Å²) >= 11 is 1.31. The molecule has 2 heterocycles. The minimum absolute atomic E-state index is 0.198. The molecule has 2 amide bonds. The number of amides is 2. The number of thiazole rings is 1. The highest BCUT2D eigenvalue weighted by atomic mass is 32.1. The molecule has 0 bridgehead atoms. The Labute approximate surface area is 201 Å². The Morgan fingerprint density at radius 3 is 2.56 bits per heavy atom. The van der Waals surface area contributed by atoms with Crippen LogP contribution in [0.5, 0.6) is 0 Å². The maximum absolute atomic E-state index is 13.3. The number of carbonyl (C=O) groups is 2. The number of rotatable bonds is 13. The third kappa shape index (κ3) is 8.20. The molecule has 3 N–H and O–H groups in total. The van der Waals surface area contributed by atoms with Gasteiger partial charge in [-0.05, 0) is 42.2 Å². The van der Waals surface area contributed by atoms with E-state index in [9.17, 15) is 14.0 Å². The summed E-state index contributed by atoms with van der Waals surface area (Å²) in [6.45, 7) is 1.62. The fourth-order valence-corrected chi connectivity index (χ4v) is 4.20. The van der Waals surface area contributed by atoms with Gasteiger partial charge in [-0.2, -0.15) is 0 Å². The number of halogens is 1. The molecule has 1 aromatic carbocycles. The predicted octanol–water partition coefficient (Wildman–Crippen LogP) is 4.07. The van der Waals surface area contributed by atoms with E-state index in [4.69, 9.17) is 5.21 Å². The number of hydroxylamine groups is 1. The van der Waals surface area contributed by atoms with Crippen LogP contribution in [0.1, 0.15) is 52.9 Å². The zero-order valence-corrected chi connectivity index (χ0v) is 19.6. The Hall–Kier alpha value is -3.37. The van der Waals surface area contributed by atoms with Crippen molar-refractivity contribution in [2.45, 2.75) is 45.2 Å². The van der Waals surface area contributed by atoms with E-state index in [1.54, 1.807) is 36.2 Å². The van der Waals surface area contributed by atoms with Crippen molar-refractivity contribution in [2.75, 3.05) is 11.4 Å². The molecule has 0 saturated carbocycles. The average Bonchev–Trinajstić information content (AvgIpc) is 3.36. The van der Waals surface area contributed by atoms with Crippen LogP contribution in [0, 0.1) is 5.82 Å². The first-order valence-corrected chi connectivity index (χ1v) is 11.9. The Bertz CT molecular complexity index is 1050. The third-order valence-corrected chi connectivity index (χ3v) is 6.21. The SMILES string of the molecule is O=C(CCCCCCN(Cc1ccc(F)cc1)c1ncc(C(=O)NCc2cccnc2)s1)NO.